The molecule has 2 nitrogen and oxygen atoms in total. The molecule has 1 spiro atoms. The molecule has 16 heavy (non-hydrogen) atoms. The average Bonchev–Trinajstić information content (AvgIpc) is 2.30. The molecule has 1 fully saturated rings. The van der Waals surface area contributed by atoms with Crippen LogP contribution in [0, 0.1) is 0 Å². The first kappa shape index (κ1) is 10.2. The maximum absolute atomic E-state index is 9.53. The van der Waals surface area contributed by atoms with Crippen LogP contribution in [-0.2, 0) is 16.8 Å². The summed E-state index contributed by atoms with van der Waals surface area (Å²) in [5.74, 6) is 0.381. The highest BCUT2D eigenvalue weighted by Crippen LogP contribution is 2.44. The number of rotatable bonds is 0. The van der Waals surface area contributed by atoms with Gasteiger partial charge < -0.3 is 9.84 Å². The molecule has 0 saturated heterocycles. The van der Waals surface area contributed by atoms with Crippen molar-refractivity contribution in [2.75, 3.05) is 6.61 Å². The lowest BCUT2D eigenvalue weighted by molar-refractivity contribution is -0.0847. The summed E-state index contributed by atoms with van der Waals surface area (Å²) in [7, 11) is 0. The second-order valence-corrected chi connectivity index (χ2v) is 4.99. The second kappa shape index (κ2) is 3.77. The Kier molecular flexibility index (Phi) is 2.40. The molecule has 2 aliphatic rings. The van der Waals surface area contributed by atoms with Gasteiger partial charge in [0.15, 0.2) is 0 Å². The van der Waals surface area contributed by atoms with Gasteiger partial charge in [0.2, 0.25) is 0 Å². The van der Waals surface area contributed by atoms with Crippen molar-refractivity contribution in [3.05, 3.63) is 29.3 Å². The topological polar surface area (TPSA) is 29.5 Å². The maximum Gasteiger partial charge on any atom is 0.115 e. The average molecular weight is 218 g/mol. The predicted octanol–water partition coefficient (Wildman–Crippen LogP) is 3.12. The zero-order chi connectivity index (χ0) is 11.0. The van der Waals surface area contributed by atoms with Gasteiger partial charge in [-0.05, 0) is 42.5 Å². The van der Waals surface area contributed by atoms with Crippen LogP contribution >= 0.6 is 0 Å². The Morgan fingerprint density at radius 2 is 1.94 bits per heavy atom. The van der Waals surface area contributed by atoms with Gasteiger partial charge in [0.05, 0.1) is 12.2 Å². The maximum atomic E-state index is 9.53. The smallest absolute Gasteiger partial charge is 0.115 e. The highest BCUT2D eigenvalue weighted by molar-refractivity contribution is 5.40. The Labute approximate surface area is 96.2 Å². The zero-order valence-electron chi connectivity index (χ0n) is 9.54. The molecular weight excluding hydrogens is 200 g/mol. The summed E-state index contributed by atoms with van der Waals surface area (Å²) < 4.78 is 6.09. The number of hydrogen-bond acceptors (Lipinski definition) is 2. The van der Waals surface area contributed by atoms with Crippen LogP contribution < -0.4 is 0 Å². The SMILES string of the molecule is Oc1ccc2c(c1)CCOC21CCCCC1. The van der Waals surface area contributed by atoms with Crippen LogP contribution in [0.25, 0.3) is 0 Å². The van der Waals surface area contributed by atoms with Crippen LogP contribution in [0.5, 0.6) is 5.75 Å². The molecule has 0 atom stereocenters. The molecule has 1 aromatic rings. The third kappa shape index (κ3) is 1.52. The van der Waals surface area contributed by atoms with E-state index in [0.29, 0.717) is 5.75 Å². The summed E-state index contributed by atoms with van der Waals surface area (Å²) in [5.41, 5.74) is 2.59. The molecule has 0 amide bonds. The van der Waals surface area contributed by atoms with E-state index in [4.69, 9.17) is 4.74 Å². The standard InChI is InChI=1S/C14H18O2/c15-12-4-5-13-11(10-12)6-9-16-14(13)7-2-1-3-8-14/h4-5,10,15H,1-3,6-9H2. The fourth-order valence-electron chi connectivity index (χ4n) is 3.20. The molecule has 3 rings (SSSR count). The van der Waals surface area contributed by atoms with Crippen LogP contribution in [-0.4, -0.2) is 11.7 Å². The van der Waals surface area contributed by atoms with E-state index in [-0.39, 0.29) is 5.60 Å². The highest BCUT2D eigenvalue weighted by atomic mass is 16.5. The van der Waals surface area contributed by atoms with E-state index in [0.717, 1.165) is 25.9 Å². The van der Waals surface area contributed by atoms with E-state index in [1.54, 1.807) is 6.07 Å². The fourth-order valence-corrected chi connectivity index (χ4v) is 3.20. The second-order valence-electron chi connectivity index (χ2n) is 4.99. The molecule has 1 heterocycles. The van der Waals surface area contributed by atoms with Crippen LogP contribution in [0.3, 0.4) is 0 Å². The van der Waals surface area contributed by atoms with Crippen LogP contribution in [0.15, 0.2) is 18.2 Å². The van der Waals surface area contributed by atoms with E-state index in [9.17, 15) is 5.11 Å². The largest absolute Gasteiger partial charge is 0.508 e. The minimum absolute atomic E-state index is 0.0282. The van der Waals surface area contributed by atoms with Gasteiger partial charge in [-0.2, -0.15) is 0 Å². The van der Waals surface area contributed by atoms with Crippen molar-refractivity contribution in [3.63, 3.8) is 0 Å². The molecular formula is C14H18O2. The quantitative estimate of drug-likeness (QED) is 0.725. The van der Waals surface area contributed by atoms with E-state index >= 15 is 0 Å². The first-order valence-corrected chi connectivity index (χ1v) is 6.27. The number of fused-ring (bicyclic) bond motifs is 2. The van der Waals surface area contributed by atoms with Crippen molar-refractivity contribution >= 4 is 0 Å². The molecule has 1 aromatic carbocycles. The Morgan fingerprint density at radius 1 is 1.12 bits per heavy atom. The number of aromatic hydroxyl groups is 1. The summed E-state index contributed by atoms with van der Waals surface area (Å²) in [4.78, 5) is 0. The van der Waals surface area contributed by atoms with E-state index < -0.39 is 0 Å². The van der Waals surface area contributed by atoms with Gasteiger partial charge >= 0.3 is 0 Å². The van der Waals surface area contributed by atoms with E-state index in [1.807, 2.05) is 6.07 Å². The third-order valence-corrected chi connectivity index (χ3v) is 3.99. The van der Waals surface area contributed by atoms with Gasteiger partial charge in [-0.3, -0.25) is 0 Å². The van der Waals surface area contributed by atoms with Crippen LogP contribution in [0.4, 0.5) is 0 Å². The molecule has 2 heteroatoms. The zero-order valence-corrected chi connectivity index (χ0v) is 9.54. The summed E-state index contributed by atoms with van der Waals surface area (Å²) >= 11 is 0. The number of hydrogen-bond donors (Lipinski definition) is 1. The number of ether oxygens (including phenoxy) is 1. The minimum atomic E-state index is -0.0282. The van der Waals surface area contributed by atoms with Gasteiger partial charge in [0.1, 0.15) is 5.75 Å². The van der Waals surface area contributed by atoms with Crippen molar-refractivity contribution < 1.29 is 9.84 Å². The monoisotopic (exact) mass is 218 g/mol. The summed E-state index contributed by atoms with van der Waals surface area (Å²) in [6.45, 7) is 0.802. The predicted molar refractivity (Wildman–Crippen MR) is 62.5 cm³/mol. The van der Waals surface area contributed by atoms with E-state index in [1.165, 1.54) is 30.4 Å². The molecule has 1 aliphatic carbocycles. The Morgan fingerprint density at radius 3 is 2.75 bits per heavy atom. The molecule has 0 bridgehead atoms. The van der Waals surface area contributed by atoms with Gasteiger partial charge in [-0.1, -0.05) is 25.3 Å². The number of benzene rings is 1. The number of phenols is 1. The Bertz CT molecular complexity index is 392. The van der Waals surface area contributed by atoms with Crippen molar-refractivity contribution in [2.24, 2.45) is 0 Å². The number of phenolic OH excluding ortho intramolecular Hbond substituents is 1. The normalized spacial score (nSPS) is 23.0. The Hall–Kier alpha value is -1.02. The molecule has 1 aliphatic heterocycles. The molecule has 1 N–H and O–H groups in total. The minimum Gasteiger partial charge on any atom is -0.508 e. The highest BCUT2D eigenvalue weighted by Gasteiger charge is 2.38. The lowest BCUT2D eigenvalue weighted by Crippen LogP contribution is -2.37. The molecule has 86 valence electrons. The van der Waals surface area contributed by atoms with Gasteiger partial charge in [-0.15, -0.1) is 0 Å². The summed E-state index contributed by atoms with van der Waals surface area (Å²) in [5, 5.41) is 9.53. The Balaban J connectivity index is 2.04. The fraction of sp³-hybridized carbons (Fsp3) is 0.571. The lowest BCUT2D eigenvalue weighted by atomic mass is 9.76. The van der Waals surface area contributed by atoms with Crippen molar-refractivity contribution in [1.82, 2.24) is 0 Å². The first-order valence-electron chi connectivity index (χ1n) is 6.27. The molecule has 0 radical (unpaired) electrons. The third-order valence-electron chi connectivity index (χ3n) is 3.99. The molecule has 0 unspecified atom stereocenters. The van der Waals surface area contributed by atoms with Gasteiger partial charge in [0.25, 0.3) is 0 Å². The molecule has 0 aromatic heterocycles. The van der Waals surface area contributed by atoms with E-state index in [2.05, 4.69) is 6.07 Å². The van der Waals surface area contributed by atoms with Gasteiger partial charge in [-0.25, -0.2) is 0 Å². The first-order chi connectivity index (χ1) is 7.80. The van der Waals surface area contributed by atoms with Crippen LogP contribution in [0.1, 0.15) is 43.2 Å². The summed E-state index contributed by atoms with van der Waals surface area (Å²) in [6, 6.07) is 5.77. The summed E-state index contributed by atoms with van der Waals surface area (Å²) in [6.07, 6.45) is 7.08. The van der Waals surface area contributed by atoms with Gasteiger partial charge in [0, 0.05) is 0 Å². The van der Waals surface area contributed by atoms with Crippen molar-refractivity contribution in [2.45, 2.75) is 44.1 Å². The van der Waals surface area contributed by atoms with Crippen molar-refractivity contribution in [3.8, 4) is 5.75 Å². The lowest BCUT2D eigenvalue weighted by Gasteiger charge is -2.42. The van der Waals surface area contributed by atoms with Crippen LogP contribution in [0.2, 0.25) is 0 Å². The van der Waals surface area contributed by atoms with Crippen molar-refractivity contribution in [1.29, 1.82) is 0 Å². The molecule has 1 saturated carbocycles.